The third-order valence-electron chi connectivity index (χ3n) is 5.37. The van der Waals surface area contributed by atoms with Crippen LogP contribution >= 0.6 is 24.8 Å². The minimum absolute atomic E-state index is 0. The van der Waals surface area contributed by atoms with Crippen molar-refractivity contribution >= 4 is 75.4 Å². The first kappa shape index (κ1) is 26.0. The summed E-state index contributed by atoms with van der Waals surface area (Å²) in [5.74, 6) is -3.50. The number of nitrogens with one attached hydrogen (secondary N) is 2. The maximum atomic E-state index is 12.7. The van der Waals surface area contributed by atoms with Gasteiger partial charge < -0.3 is 16.4 Å². The summed E-state index contributed by atoms with van der Waals surface area (Å²) in [6.45, 7) is 4.31. The maximum absolute atomic E-state index is 12.7. The fraction of sp³-hybridized carbons (Fsp3) is 0.167. The van der Waals surface area contributed by atoms with Crippen LogP contribution < -0.4 is 16.4 Å². The summed E-state index contributed by atoms with van der Waals surface area (Å²) in [6.07, 6.45) is 1.69. The summed E-state index contributed by atoms with van der Waals surface area (Å²) < 4.78 is 0. The lowest BCUT2D eigenvalue weighted by atomic mass is 9.80. The maximum Gasteiger partial charge on any atom is 0.238 e. The van der Waals surface area contributed by atoms with Gasteiger partial charge in [0.2, 0.25) is 11.8 Å². The lowest BCUT2D eigenvalue weighted by molar-refractivity contribution is -0.130. The van der Waals surface area contributed by atoms with Gasteiger partial charge >= 0.3 is 0 Å². The smallest absolute Gasteiger partial charge is 0.238 e. The Hall–Kier alpha value is -3.26. The first-order valence-electron chi connectivity index (χ1n) is 9.85. The van der Waals surface area contributed by atoms with Crippen LogP contribution in [0.15, 0.2) is 55.1 Å². The van der Waals surface area contributed by atoms with Crippen molar-refractivity contribution in [1.82, 2.24) is 5.32 Å². The van der Waals surface area contributed by atoms with Crippen LogP contribution in [0.1, 0.15) is 15.9 Å². The molecule has 0 aliphatic heterocycles. The minimum atomic E-state index is -1.41. The zero-order valence-electron chi connectivity index (χ0n) is 17.6. The average molecular weight is 488 g/mol. The zero-order chi connectivity index (χ0) is 22.1. The van der Waals surface area contributed by atoms with Crippen LogP contribution in [0.2, 0.25) is 0 Å². The topological polar surface area (TPSA) is 118 Å². The van der Waals surface area contributed by atoms with Crippen LogP contribution in [-0.4, -0.2) is 36.5 Å². The van der Waals surface area contributed by atoms with Crippen LogP contribution in [0.5, 0.6) is 0 Å². The summed E-state index contributed by atoms with van der Waals surface area (Å²) in [7, 11) is 0. The molecule has 172 valence electrons. The number of carbonyl (C=O) groups excluding carboxylic acids is 4. The summed E-state index contributed by atoms with van der Waals surface area (Å²) in [5.41, 5.74) is 6.88. The highest BCUT2D eigenvalue weighted by Crippen LogP contribution is 2.31. The van der Waals surface area contributed by atoms with E-state index in [0.29, 0.717) is 23.4 Å². The van der Waals surface area contributed by atoms with Gasteiger partial charge in [0.15, 0.2) is 17.5 Å². The molecule has 3 aromatic rings. The Morgan fingerprint density at radius 3 is 2.36 bits per heavy atom. The molecule has 0 fully saturated rings. The highest BCUT2D eigenvalue weighted by molar-refractivity contribution is 6.27. The van der Waals surface area contributed by atoms with E-state index in [1.807, 2.05) is 36.4 Å². The van der Waals surface area contributed by atoms with Gasteiger partial charge in [-0.1, -0.05) is 12.1 Å². The average Bonchev–Trinajstić information content (AvgIpc) is 2.71. The number of rotatable bonds is 6. The largest absolute Gasteiger partial charge is 0.369 e. The lowest BCUT2D eigenvalue weighted by Crippen LogP contribution is -2.41. The van der Waals surface area contributed by atoms with Crippen molar-refractivity contribution in [3.05, 3.63) is 66.2 Å². The number of anilines is 1. The first-order valence-corrected chi connectivity index (χ1v) is 9.85. The van der Waals surface area contributed by atoms with Gasteiger partial charge in [-0.25, -0.2) is 0 Å². The molecule has 1 unspecified atom stereocenters. The Bertz CT molecular complexity index is 1290. The quantitative estimate of drug-likeness (QED) is 0.213. The molecule has 0 heterocycles. The Labute approximate surface area is 202 Å². The number of primary amides is 1. The number of Topliss-reactive ketones (excluding diaryl/α,β-unsaturated/α-hetero) is 2. The second-order valence-corrected chi connectivity index (χ2v) is 7.58. The minimum Gasteiger partial charge on any atom is -0.369 e. The van der Waals surface area contributed by atoms with Crippen LogP contribution in [0, 0.1) is 5.92 Å². The number of nitrogens with two attached hydrogens (primary N) is 1. The molecule has 0 saturated heterocycles. The molecule has 7 nitrogen and oxygen atoms in total. The van der Waals surface area contributed by atoms with E-state index in [9.17, 15) is 19.2 Å². The molecule has 1 aliphatic carbocycles. The van der Waals surface area contributed by atoms with E-state index in [1.54, 1.807) is 12.1 Å². The molecule has 0 aromatic heterocycles. The van der Waals surface area contributed by atoms with E-state index >= 15 is 0 Å². The Balaban J connectivity index is 0.00000193. The molecule has 3 aromatic carbocycles. The first-order chi connectivity index (χ1) is 14.9. The van der Waals surface area contributed by atoms with Crippen molar-refractivity contribution in [3.63, 3.8) is 0 Å². The van der Waals surface area contributed by atoms with Crippen LogP contribution in [-0.2, 0) is 20.8 Å². The Morgan fingerprint density at radius 1 is 1.00 bits per heavy atom. The lowest BCUT2D eigenvalue weighted by Gasteiger charge is -2.21. The number of hydrogen-bond donors (Lipinski definition) is 3. The molecule has 1 aliphatic rings. The van der Waals surface area contributed by atoms with Gasteiger partial charge in [0.25, 0.3) is 0 Å². The number of benzene rings is 3. The van der Waals surface area contributed by atoms with Crippen molar-refractivity contribution in [2.24, 2.45) is 11.7 Å². The number of fused-ring (bicyclic) bond motifs is 3. The fourth-order valence-corrected chi connectivity index (χ4v) is 3.92. The summed E-state index contributed by atoms with van der Waals surface area (Å²) in [4.78, 5) is 48.5. The van der Waals surface area contributed by atoms with Crippen molar-refractivity contribution in [2.45, 2.75) is 6.42 Å². The Kier molecular flexibility index (Phi) is 8.33. The van der Waals surface area contributed by atoms with E-state index < -0.39 is 23.4 Å². The standard InChI is InChI=1S/C24H21N3O4.2ClH/c1-2-5-26-12-21(29)27-18-4-3-13-6-14-8-17-11-20(28)22(24(25)31)23(30)19(17)10-16(14)7-15(13)9-18;;/h2-4,6-10,22,26H,1,5,11-12H2,(H2,25,31)(H,27,29);2*1H. The molecule has 1 atom stereocenters. The van der Waals surface area contributed by atoms with Gasteiger partial charge in [-0.15, -0.1) is 31.4 Å². The molecule has 0 spiro atoms. The molecule has 0 saturated carbocycles. The molecule has 9 heteroatoms. The molecule has 0 radical (unpaired) electrons. The van der Waals surface area contributed by atoms with E-state index in [2.05, 4.69) is 17.2 Å². The predicted molar refractivity (Wildman–Crippen MR) is 133 cm³/mol. The molecule has 2 amide bonds. The van der Waals surface area contributed by atoms with Crippen molar-refractivity contribution in [3.8, 4) is 0 Å². The molecular weight excluding hydrogens is 465 g/mol. The summed E-state index contributed by atoms with van der Waals surface area (Å²) >= 11 is 0. The molecule has 33 heavy (non-hydrogen) atoms. The van der Waals surface area contributed by atoms with Crippen molar-refractivity contribution < 1.29 is 19.2 Å². The van der Waals surface area contributed by atoms with E-state index in [4.69, 9.17) is 5.73 Å². The summed E-state index contributed by atoms with van der Waals surface area (Å²) in [5, 5.41) is 9.31. The zero-order valence-corrected chi connectivity index (χ0v) is 19.2. The van der Waals surface area contributed by atoms with E-state index in [1.165, 1.54) is 0 Å². The van der Waals surface area contributed by atoms with Gasteiger partial charge in [-0.05, 0) is 63.5 Å². The monoisotopic (exact) mass is 487 g/mol. The molecular formula is C24H23Cl2N3O4. The molecule has 4 rings (SSSR count). The second kappa shape index (κ2) is 10.6. The SMILES string of the molecule is C=CCNCC(=O)Nc1ccc2cc3cc4c(cc3cc2c1)C(=O)C(C(N)=O)C(=O)C4.Cl.Cl. The van der Waals surface area contributed by atoms with Gasteiger partial charge in [-0.2, -0.15) is 0 Å². The number of carbonyl (C=O) groups is 4. The fourth-order valence-electron chi connectivity index (χ4n) is 3.92. The van der Waals surface area contributed by atoms with Gasteiger partial charge in [0.1, 0.15) is 0 Å². The summed E-state index contributed by atoms with van der Waals surface area (Å²) in [6, 6.07) is 13.0. The predicted octanol–water partition coefficient (Wildman–Crippen LogP) is 2.96. The number of ketones is 2. The van der Waals surface area contributed by atoms with Crippen LogP contribution in [0.3, 0.4) is 0 Å². The highest BCUT2D eigenvalue weighted by atomic mass is 35.5. The van der Waals surface area contributed by atoms with Gasteiger partial charge in [-0.3, -0.25) is 19.2 Å². The Morgan fingerprint density at radius 2 is 1.67 bits per heavy atom. The third kappa shape index (κ3) is 5.22. The molecule has 0 bridgehead atoms. The van der Waals surface area contributed by atoms with Crippen molar-refractivity contribution in [1.29, 1.82) is 0 Å². The van der Waals surface area contributed by atoms with E-state index in [-0.39, 0.29) is 43.7 Å². The second-order valence-electron chi connectivity index (χ2n) is 7.58. The van der Waals surface area contributed by atoms with Crippen molar-refractivity contribution in [2.75, 3.05) is 18.4 Å². The third-order valence-corrected chi connectivity index (χ3v) is 5.37. The number of hydrogen-bond acceptors (Lipinski definition) is 5. The number of amides is 2. The van der Waals surface area contributed by atoms with Gasteiger partial charge in [0.05, 0.1) is 6.54 Å². The van der Waals surface area contributed by atoms with E-state index in [0.717, 1.165) is 21.5 Å². The normalized spacial score (nSPS) is 14.7. The van der Waals surface area contributed by atoms with Crippen LogP contribution in [0.25, 0.3) is 21.5 Å². The highest BCUT2D eigenvalue weighted by Gasteiger charge is 2.38. The molecule has 4 N–H and O–H groups in total. The van der Waals surface area contributed by atoms with Crippen LogP contribution in [0.4, 0.5) is 5.69 Å². The number of halogens is 2. The van der Waals surface area contributed by atoms with Gasteiger partial charge in [0, 0.05) is 24.2 Å².